The van der Waals surface area contributed by atoms with E-state index in [1.807, 2.05) is 32.0 Å². The van der Waals surface area contributed by atoms with Gasteiger partial charge in [-0.15, -0.1) is 0 Å². The Hall–Kier alpha value is -1.83. The van der Waals surface area contributed by atoms with Gasteiger partial charge in [0.05, 0.1) is 6.26 Å². The summed E-state index contributed by atoms with van der Waals surface area (Å²) in [7, 11) is 0. The van der Waals surface area contributed by atoms with E-state index >= 15 is 0 Å². The highest BCUT2D eigenvalue weighted by Crippen LogP contribution is 2.18. The highest BCUT2D eigenvalue weighted by molar-refractivity contribution is 5.97. The minimum absolute atomic E-state index is 0.187. The van der Waals surface area contributed by atoms with Gasteiger partial charge in [0.1, 0.15) is 5.76 Å². The summed E-state index contributed by atoms with van der Waals surface area (Å²) < 4.78 is 5.24. The van der Waals surface area contributed by atoms with Crippen LogP contribution in [-0.4, -0.2) is 5.78 Å². The van der Waals surface area contributed by atoms with Crippen LogP contribution in [0.25, 0.3) is 0 Å². The van der Waals surface area contributed by atoms with Crippen molar-refractivity contribution in [1.82, 2.24) is 0 Å². The minimum Gasteiger partial charge on any atom is -0.469 e. The topological polar surface area (TPSA) is 30.2 Å². The molecule has 1 aromatic heterocycles. The van der Waals surface area contributed by atoms with Crippen molar-refractivity contribution < 1.29 is 9.21 Å². The Labute approximate surface area is 108 Å². The molecule has 2 aromatic rings. The maximum atomic E-state index is 12.2. The molecule has 0 fully saturated rings. The van der Waals surface area contributed by atoms with E-state index in [-0.39, 0.29) is 5.78 Å². The fourth-order valence-electron chi connectivity index (χ4n) is 2.09. The molecule has 0 bridgehead atoms. The van der Waals surface area contributed by atoms with Gasteiger partial charge < -0.3 is 4.42 Å². The molecule has 0 aliphatic rings. The van der Waals surface area contributed by atoms with Crippen LogP contribution in [0.4, 0.5) is 0 Å². The predicted molar refractivity (Wildman–Crippen MR) is 72.0 cm³/mol. The first-order chi connectivity index (χ1) is 8.58. The third-order valence-electron chi connectivity index (χ3n) is 3.32. The molecule has 0 N–H and O–H groups in total. The molecule has 0 spiro atoms. The molecule has 1 heterocycles. The molecule has 0 aliphatic heterocycles. The second-order valence-corrected chi connectivity index (χ2v) is 4.75. The monoisotopic (exact) mass is 242 g/mol. The van der Waals surface area contributed by atoms with Crippen LogP contribution in [0.3, 0.4) is 0 Å². The molecule has 2 rings (SSSR count). The summed E-state index contributed by atoms with van der Waals surface area (Å²) in [6.45, 7) is 6.10. The molecule has 2 heteroatoms. The second kappa shape index (κ2) is 5.21. The predicted octanol–water partition coefficient (Wildman–Crippen LogP) is 4.02. The minimum atomic E-state index is 0.187. The van der Waals surface area contributed by atoms with Crippen molar-refractivity contribution >= 4 is 5.78 Å². The number of ketones is 1. The maximum absolute atomic E-state index is 12.2. The first-order valence-corrected chi connectivity index (χ1v) is 6.21. The van der Waals surface area contributed by atoms with Crippen molar-refractivity contribution in [2.45, 2.75) is 33.6 Å². The smallest absolute Gasteiger partial charge is 0.163 e. The van der Waals surface area contributed by atoms with Crippen LogP contribution in [0.5, 0.6) is 0 Å². The lowest BCUT2D eigenvalue weighted by molar-refractivity contribution is 0.0980. The standard InChI is InChI=1S/C16H18O2/c1-11-9-13(3)15(10-12(11)2)16(17)7-6-14-5-4-8-18-14/h4-5,8-10H,6-7H2,1-3H3. The second-order valence-electron chi connectivity index (χ2n) is 4.75. The van der Waals surface area contributed by atoms with Crippen LogP contribution in [0.15, 0.2) is 34.9 Å². The van der Waals surface area contributed by atoms with Crippen molar-refractivity contribution in [3.63, 3.8) is 0 Å². The van der Waals surface area contributed by atoms with Gasteiger partial charge in [-0.25, -0.2) is 0 Å². The molecule has 0 aliphatic carbocycles. The number of carbonyl (C=O) groups excluding carboxylic acids is 1. The molecule has 0 radical (unpaired) electrons. The number of aryl methyl sites for hydroxylation is 4. The van der Waals surface area contributed by atoms with Gasteiger partial charge in [-0.3, -0.25) is 4.79 Å². The molecule has 0 unspecified atom stereocenters. The van der Waals surface area contributed by atoms with E-state index in [9.17, 15) is 4.79 Å². The van der Waals surface area contributed by atoms with Crippen LogP contribution in [0.2, 0.25) is 0 Å². The number of carbonyl (C=O) groups is 1. The van der Waals surface area contributed by atoms with E-state index < -0.39 is 0 Å². The number of hydrogen-bond donors (Lipinski definition) is 0. The van der Waals surface area contributed by atoms with Gasteiger partial charge in [-0.1, -0.05) is 6.07 Å². The summed E-state index contributed by atoms with van der Waals surface area (Å²) in [6.07, 6.45) is 2.80. The van der Waals surface area contributed by atoms with Crippen LogP contribution in [0, 0.1) is 20.8 Å². The van der Waals surface area contributed by atoms with E-state index in [2.05, 4.69) is 13.0 Å². The third kappa shape index (κ3) is 2.70. The molecule has 1 aromatic carbocycles. The van der Waals surface area contributed by atoms with Crippen molar-refractivity contribution in [3.05, 3.63) is 58.5 Å². The Morgan fingerprint density at radius 2 is 1.83 bits per heavy atom. The van der Waals surface area contributed by atoms with E-state index in [4.69, 9.17) is 4.42 Å². The lowest BCUT2D eigenvalue weighted by Gasteiger charge is -2.08. The molecule has 0 saturated heterocycles. The van der Waals surface area contributed by atoms with Gasteiger partial charge in [-0.05, 0) is 55.7 Å². The fourth-order valence-corrected chi connectivity index (χ4v) is 2.09. The Morgan fingerprint density at radius 3 is 2.50 bits per heavy atom. The lowest BCUT2D eigenvalue weighted by Crippen LogP contribution is -2.04. The van der Waals surface area contributed by atoms with Gasteiger partial charge >= 0.3 is 0 Å². The number of hydrogen-bond acceptors (Lipinski definition) is 2. The van der Waals surface area contributed by atoms with Crippen molar-refractivity contribution in [2.75, 3.05) is 0 Å². The van der Waals surface area contributed by atoms with Crippen LogP contribution in [-0.2, 0) is 6.42 Å². The zero-order valence-electron chi connectivity index (χ0n) is 11.1. The lowest BCUT2D eigenvalue weighted by atomic mass is 9.96. The van der Waals surface area contributed by atoms with Gasteiger partial charge in [0, 0.05) is 18.4 Å². The van der Waals surface area contributed by atoms with E-state index in [1.54, 1.807) is 6.26 Å². The van der Waals surface area contributed by atoms with Crippen molar-refractivity contribution in [3.8, 4) is 0 Å². The normalized spacial score (nSPS) is 10.6. The van der Waals surface area contributed by atoms with Gasteiger partial charge in [0.2, 0.25) is 0 Å². The quantitative estimate of drug-likeness (QED) is 0.758. The van der Waals surface area contributed by atoms with Crippen LogP contribution < -0.4 is 0 Å². The van der Waals surface area contributed by atoms with Gasteiger partial charge in [-0.2, -0.15) is 0 Å². The number of rotatable bonds is 4. The van der Waals surface area contributed by atoms with Crippen molar-refractivity contribution in [2.24, 2.45) is 0 Å². The fraction of sp³-hybridized carbons (Fsp3) is 0.312. The average Bonchev–Trinajstić information content (AvgIpc) is 2.84. The first kappa shape index (κ1) is 12.6. The van der Waals surface area contributed by atoms with E-state index in [0.717, 1.165) is 16.9 Å². The molecule has 94 valence electrons. The van der Waals surface area contributed by atoms with Crippen LogP contribution in [0.1, 0.15) is 39.2 Å². The molecule has 18 heavy (non-hydrogen) atoms. The zero-order valence-corrected chi connectivity index (χ0v) is 11.1. The van der Waals surface area contributed by atoms with E-state index in [0.29, 0.717) is 12.8 Å². The Bertz CT molecular complexity index is 551. The van der Waals surface area contributed by atoms with E-state index in [1.165, 1.54) is 11.1 Å². The zero-order chi connectivity index (χ0) is 13.1. The average molecular weight is 242 g/mol. The molecule has 2 nitrogen and oxygen atoms in total. The third-order valence-corrected chi connectivity index (χ3v) is 3.32. The Morgan fingerprint density at radius 1 is 1.11 bits per heavy atom. The highest BCUT2D eigenvalue weighted by Gasteiger charge is 2.11. The van der Waals surface area contributed by atoms with Crippen LogP contribution >= 0.6 is 0 Å². The summed E-state index contributed by atoms with van der Waals surface area (Å²) in [5.41, 5.74) is 4.30. The summed E-state index contributed by atoms with van der Waals surface area (Å²) in [5.74, 6) is 1.05. The summed E-state index contributed by atoms with van der Waals surface area (Å²) in [6, 6.07) is 7.83. The number of benzene rings is 1. The molecule has 0 saturated carbocycles. The van der Waals surface area contributed by atoms with Gasteiger partial charge in [0.25, 0.3) is 0 Å². The van der Waals surface area contributed by atoms with Crippen molar-refractivity contribution in [1.29, 1.82) is 0 Å². The largest absolute Gasteiger partial charge is 0.469 e. The Kier molecular flexibility index (Phi) is 3.66. The molecule has 0 amide bonds. The molecular formula is C16H18O2. The molecule has 0 atom stereocenters. The highest BCUT2D eigenvalue weighted by atomic mass is 16.3. The SMILES string of the molecule is Cc1cc(C)c(C(=O)CCc2ccco2)cc1C. The Balaban J connectivity index is 2.11. The number of furan rings is 1. The summed E-state index contributed by atoms with van der Waals surface area (Å²) in [5, 5.41) is 0. The maximum Gasteiger partial charge on any atom is 0.163 e. The summed E-state index contributed by atoms with van der Waals surface area (Å²) >= 11 is 0. The summed E-state index contributed by atoms with van der Waals surface area (Å²) in [4.78, 5) is 12.2. The molecular weight excluding hydrogens is 224 g/mol. The number of Topliss-reactive ketones (excluding diaryl/α,β-unsaturated/α-hetero) is 1. The van der Waals surface area contributed by atoms with Gasteiger partial charge in [0.15, 0.2) is 5.78 Å². The first-order valence-electron chi connectivity index (χ1n) is 6.21.